The van der Waals surface area contributed by atoms with Crippen LogP contribution in [-0.4, -0.2) is 37.8 Å². The molecule has 0 aliphatic carbocycles. The fourth-order valence-corrected chi connectivity index (χ4v) is 4.94. The third-order valence-electron chi connectivity index (χ3n) is 6.94. The van der Waals surface area contributed by atoms with Gasteiger partial charge in [0.1, 0.15) is 11.5 Å². The van der Waals surface area contributed by atoms with Crippen LogP contribution in [0.4, 0.5) is 0 Å². The summed E-state index contributed by atoms with van der Waals surface area (Å²) in [7, 11) is 3.21. The molecule has 4 aromatic carbocycles. The van der Waals surface area contributed by atoms with Crippen molar-refractivity contribution in [3.8, 4) is 46.3 Å². The van der Waals surface area contributed by atoms with E-state index >= 15 is 0 Å². The molecule has 6 heteroatoms. The van der Waals surface area contributed by atoms with Crippen LogP contribution in [0, 0.1) is 23.7 Å². The van der Waals surface area contributed by atoms with Crippen LogP contribution in [0.2, 0.25) is 0 Å². The number of methoxy groups -OCH3 is 2. The van der Waals surface area contributed by atoms with Crippen molar-refractivity contribution >= 4 is 21.5 Å². The molecule has 0 radical (unpaired) electrons. The molecule has 0 aliphatic rings. The molecule has 6 rings (SSSR count). The molecule has 0 amide bonds. The van der Waals surface area contributed by atoms with Crippen molar-refractivity contribution in [1.29, 1.82) is 0 Å². The smallest absolute Gasteiger partial charge is 0.188 e. The lowest BCUT2D eigenvalue weighted by molar-refractivity contribution is 0.0502. The predicted molar refractivity (Wildman–Crippen MR) is 172 cm³/mol. The number of pyridine rings is 2. The molecule has 0 N–H and O–H groups in total. The molecule has 0 fully saturated rings. The molecule has 214 valence electrons. The Bertz CT molecular complexity index is 1900. The van der Waals surface area contributed by atoms with Crippen LogP contribution < -0.4 is 9.47 Å². The third-order valence-corrected chi connectivity index (χ3v) is 6.94. The molecule has 0 aliphatic heterocycles. The van der Waals surface area contributed by atoms with E-state index in [0.717, 1.165) is 54.9 Å². The van der Waals surface area contributed by atoms with Crippen molar-refractivity contribution in [2.75, 3.05) is 27.8 Å². The monoisotopic (exact) mass is 576 g/mol. The van der Waals surface area contributed by atoms with Crippen molar-refractivity contribution in [2.24, 2.45) is 0 Å². The highest BCUT2D eigenvalue weighted by Gasteiger charge is 2.20. The lowest BCUT2D eigenvalue weighted by Gasteiger charge is -2.19. The standard InChI is InChI=1S/C38H28N2O4/c1-41-25-43-35-13-9-31-23-29(5-3-27-15-19-39-20-16-27)7-11-33(31)37(35)38-34-12-8-30(6-4-28-17-21-40-22-18-28)24-32(34)10-14-36(38)44-26-42-2/h7-24H,25-26H2,1-2H3. The summed E-state index contributed by atoms with van der Waals surface area (Å²) < 4.78 is 22.8. The average Bonchev–Trinajstić information content (AvgIpc) is 3.08. The maximum atomic E-state index is 6.13. The van der Waals surface area contributed by atoms with Crippen LogP contribution in [0.5, 0.6) is 11.5 Å². The van der Waals surface area contributed by atoms with Crippen LogP contribution in [0.25, 0.3) is 32.7 Å². The first-order valence-corrected chi connectivity index (χ1v) is 13.9. The van der Waals surface area contributed by atoms with Gasteiger partial charge in [0.2, 0.25) is 0 Å². The number of rotatable bonds is 7. The van der Waals surface area contributed by atoms with Gasteiger partial charge in [-0.15, -0.1) is 0 Å². The summed E-state index contributed by atoms with van der Waals surface area (Å²) in [5, 5.41) is 4.01. The van der Waals surface area contributed by atoms with Crippen molar-refractivity contribution in [2.45, 2.75) is 0 Å². The van der Waals surface area contributed by atoms with E-state index in [-0.39, 0.29) is 13.6 Å². The molecule has 0 spiro atoms. The lowest BCUT2D eigenvalue weighted by Crippen LogP contribution is -2.04. The molecule has 2 heterocycles. The Labute approximate surface area is 256 Å². The van der Waals surface area contributed by atoms with E-state index in [0.29, 0.717) is 11.5 Å². The fourth-order valence-electron chi connectivity index (χ4n) is 4.94. The van der Waals surface area contributed by atoms with Crippen LogP contribution in [0.3, 0.4) is 0 Å². The van der Waals surface area contributed by atoms with E-state index in [1.165, 1.54) is 0 Å². The van der Waals surface area contributed by atoms with Crippen molar-refractivity contribution < 1.29 is 18.9 Å². The Kier molecular flexibility index (Phi) is 8.76. The average molecular weight is 577 g/mol. The first-order chi connectivity index (χ1) is 21.7. The summed E-state index contributed by atoms with van der Waals surface area (Å²) in [5.74, 6) is 14.3. The molecule has 0 unspecified atom stereocenters. The van der Waals surface area contributed by atoms with E-state index in [1.54, 1.807) is 39.0 Å². The number of ether oxygens (including phenoxy) is 4. The van der Waals surface area contributed by atoms with Gasteiger partial charge in [0.15, 0.2) is 13.6 Å². The maximum Gasteiger partial charge on any atom is 0.188 e. The molecule has 0 atom stereocenters. The summed E-state index contributed by atoms with van der Waals surface area (Å²) in [6, 6.07) is 27.9. The van der Waals surface area contributed by atoms with Gasteiger partial charge in [-0.05, 0) is 82.2 Å². The van der Waals surface area contributed by atoms with E-state index < -0.39 is 0 Å². The Morgan fingerprint density at radius 2 is 0.886 bits per heavy atom. The highest BCUT2D eigenvalue weighted by Crippen LogP contribution is 2.45. The topological polar surface area (TPSA) is 62.7 Å². The van der Waals surface area contributed by atoms with Crippen LogP contribution in [0.15, 0.2) is 110 Å². The number of fused-ring (bicyclic) bond motifs is 2. The third kappa shape index (κ3) is 6.38. The second kappa shape index (κ2) is 13.5. The molecular weight excluding hydrogens is 548 g/mol. The number of benzene rings is 4. The second-order valence-corrected chi connectivity index (χ2v) is 9.82. The SMILES string of the molecule is COCOc1ccc2cc(C#Cc3ccncc3)ccc2c1-c1c(OCOC)ccc2cc(C#Cc3ccncc3)ccc12. The zero-order chi connectivity index (χ0) is 30.1. The zero-order valence-electron chi connectivity index (χ0n) is 24.3. The highest BCUT2D eigenvalue weighted by atomic mass is 16.7. The van der Waals surface area contributed by atoms with Crippen molar-refractivity contribution in [3.05, 3.63) is 132 Å². The summed E-state index contributed by atoms with van der Waals surface area (Å²) >= 11 is 0. The number of hydrogen-bond donors (Lipinski definition) is 0. The zero-order valence-corrected chi connectivity index (χ0v) is 24.3. The first kappa shape index (κ1) is 28.5. The van der Waals surface area contributed by atoms with Gasteiger partial charge in [0, 0.05) is 72.4 Å². The van der Waals surface area contributed by atoms with Gasteiger partial charge in [0.25, 0.3) is 0 Å². The Balaban J connectivity index is 1.52. The van der Waals surface area contributed by atoms with Gasteiger partial charge in [-0.1, -0.05) is 47.9 Å². The van der Waals surface area contributed by atoms with Gasteiger partial charge in [-0.2, -0.15) is 0 Å². The largest absolute Gasteiger partial charge is 0.467 e. The van der Waals surface area contributed by atoms with E-state index in [9.17, 15) is 0 Å². The van der Waals surface area contributed by atoms with Crippen molar-refractivity contribution in [1.82, 2.24) is 9.97 Å². The Morgan fingerprint density at radius 1 is 0.477 bits per heavy atom. The van der Waals surface area contributed by atoms with Crippen molar-refractivity contribution in [3.63, 3.8) is 0 Å². The molecular formula is C38H28N2O4. The summed E-state index contributed by atoms with van der Waals surface area (Å²) in [4.78, 5) is 8.14. The van der Waals surface area contributed by atoms with Gasteiger partial charge in [-0.3, -0.25) is 9.97 Å². The van der Waals surface area contributed by atoms with Crippen LogP contribution in [0.1, 0.15) is 22.3 Å². The molecule has 0 bridgehead atoms. The predicted octanol–water partition coefficient (Wildman–Crippen LogP) is 7.22. The molecule has 0 saturated heterocycles. The minimum Gasteiger partial charge on any atom is -0.467 e. The molecule has 44 heavy (non-hydrogen) atoms. The minimum atomic E-state index is 0.0990. The van der Waals surface area contributed by atoms with Gasteiger partial charge in [-0.25, -0.2) is 0 Å². The number of nitrogens with zero attached hydrogens (tertiary/aromatic N) is 2. The molecule has 6 aromatic rings. The van der Waals surface area contributed by atoms with Crippen LogP contribution in [-0.2, 0) is 9.47 Å². The Morgan fingerprint density at radius 3 is 1.30 bits per heavy atom. The maximum absolute atomic E-state index is 6.13. The normalized spacial score (nSPS) is 10.5. The van der Waals surface area contributed by atoms with Crippen LogP contribution >= 0.6 is 0 Å². The first-order valence-electron chi connectivity index (χ1n) is 13.9. The van der Waals surface area contributed by atoms with Gasteiger partial charge >= 0.3 is 0 Å². The lowest BCUT2D eigenvalue weighted by atomic mass is 9.91. The fraction of sp³-hybridized carbons (Fsp3) is 0.105. The van der Waals surface area contributed by atoms with Gasteiger partial charge < -0.3 is 18.9 Å². The highest BCUT2D eigenvalue weighted by molar-refractivity contribution is 6.10. The van der Waals surface area contributed by atoms with Gasteiger partial charge in [0.05, 0.1) is 0 Å². The number of aromatic nitrogens is 2. The molecule has 6 nitrogen and oxygen atoms in total. The second-order valence-electron chi connectivity index (χ2n) is 9.82. The molecule has 2 aromatic heterocycles. The minimum absolute atomic E-state index is 0.0990. The van der Waals surface area contributed by atoms with E-state index in [1.807, 2.05) is 60.7 Å². The summed E-state index contributed by atoms with van der Waals surface area (Å²) in [6.45, 7) is 0.198. The molecule has 0 saturated carbocycles. The summed E-state index contributed by atoms with van der Waals surface area (Å²) in [6.07, 6.45) is 6.95. The quantitative estimate of drug-likeness (QED) is 0.148. The number of hydrogen-bond acceptors (Lipinski definition) is 6. The van der Waals surface area contributed by atoms with E-state index in [2.05, 4.69) is 57.9 Å². The Hall–Kier alpha value is -5.66. The summed E-state index contributed by atoms with van der Waals surface area (Å²) in [5.41, 5.74) is 5.39. The van der Waals surface area contributed by atoms with E-state index in [4.69, 9.17) is 18.9 Å².